The van der Waals surface area contributed by atoms with Crippen LogP contribution in [0.25, 0.3) is 10.4 Å². The molecule has 1 aromatic carbocycles. The third kappa shape index (κ3) is 1.63. The Kier molecular flexibility index (Phi) is 2.16. The van der Waals surface area contributed by atoms with Gasteiger partial charge < -0.3 is 0 Å². The van der Waals surface area contributed by atoms with E-state index in [0.29, 0.717) is 0 Å². The fraction of sp³-hybridized carbons (Fsp3) is 0. The number of benzene rings is 1. The van der Waals surface area contributed by atoms with Crippen LogP contribution >= 0.6 is 11.3 Å². The molecule has 1 aromatic heterocycles. The van der Waals surface area contributed by atoms with Crippen molar-refractivity contribution in [1.29, 1.82) is 0 Å². The first kappa shape index (κ1) is 8.10. The van der Waals surface area contributed by atoms with Crippen molar-refractivity contribution in [1.82, 2.24) is 0 Å². The number of hydrogen-bond donors (Lipinski definition) is 0. The van der Waals surface area contributed by atoms with E-state index in [0.717, 1.165) is 5.56 Å². The van der Waals surface area contributed by atoms with E-state index in [1.54, 1.807) is 11.3 Å². The molecule has 0 fully saturated rings. The molecule has 0 spiro atoms. The standard InChI is InChI=1S/C12H8S/c1-2-10-5-7-11(8-6-10)12-4-3-9-13-12/h1,3-9H. The smallest absolute Gasteiger partial charge is 0.0342 e. The first-order chi connectivity index (χ1) is 6.40. The van der Waals surface area contributed by atoms with E-state index in [2.05, 4.69) is 35.6 Å². The number of rotatable bonds is 1. The normalized spacial score (nSPS) is 9.46. The van der Waals surface area contributed by atoms with Gasteiger partial charge in [0.25, 0.3) is 0 Å². The van der Waals surface area contributed by atoms with Gasteiger partial charge in [0.2, 0.25) is 0 Å². The Hall–Kier alpha value is -1.52. The summed E-state index contributed by atoms with van der Waals surface area (Å²) in [5.74, 6) is 2.60. The second-order valence-corrected chi connectivity index (χ2v) is 3.65. The zero-order chi connectivity index (χ0) is 9.10. The minimum absolute atomic E-state index is 0.931. The van der Waals surface area contributed by atoms with Gasteiger partial charge in [-0.25, -0.2) is 0 Å². The van der Waals surface area contributed by atoms with Crippen LogP contribution in [0, 0.1) is 12.3 Å². The molecule has 0 N–H and O–H groups in total. The Bertz CT molecular complexity index is 415. The first-order valence-electron chi connectivity index (χ1n) is 4.01. The van der Waals surface area contributed by atoms with Crippen LogP contribution in [-0.4, -0.2) is 0 Å². The molecule has 0 unspecified atom stereocenters. The molecular formula is C12H8S. The fourth-order valence-electron chi connectivity index (χ4n) is 1.17. The van der Waals surface area contributed by atoms with Gasteiger partial charge in [0.05, 0.1) is 0 Å². The molecule has 0 saturated heterocycles. The van der Waals surface area contributed by atoms with E-state index in [-0.39, 0.29) is 0 Å². The predicted octanol–water partition coefficient (Wildman–Crippen LogP) is 3.40. The molecule has 62 valence electrons. The maximum absolute atomic E-state index is 5.27. The largest absolute Gasteiger partial charge is 0.144 e. The summed E-state index contributed by atoms with van der Waals surface area (Å²) in [6.07, 6.45) is 5.27. The van der Waals surface area contributed by atoms with Gasteiger partial charge in [-0.2, -0.15) is 0 Å². The van der Waals surface area contributed by atoms with E-state index in [1.165, 1.54) is 10.4 Å². The lowest BCUT2D eigenvalue weighted by molar-refractivity contribution is 1.64. The van der Waals surface area contributed by atoms with E-state index in [4.69, 9.17) is 6.42 Å². The van der Waals surface area contributed by atoms with Gasteiger partial charge in [0, 0.05) is 10.4 Å². The molecule has 13 heavy (non-hydrogen) atoms. The molecular weight excluding hydrogens is 176 g/mol. The van der Waals surface area contributed by atoms with E-state index < -0.39 is 0 Å². The maximum Gasteiger partial charge on any atom is 0.0342 e. The summed E-state index contributed by atoms with van der Waals surface area (Å²) < 4.78 is 0. The van der Waals surface area contributed by atoms with Crippen molar-refractivity contribution in [3.8, 4) is 22.8 Å². The molecule has 0 aliphatic heterocycles. The van der Waals surface area contributed by atoms with E-state index >= 15 is 0 Å². The summed E-state index contributed by atoms with van der Waals surface area (Å²) in [5.41, 5.74) is 2.16. The highest BCUT2D eigenvalue weighted by molar-refractivity contribution is 7.13. The van der Waals surface area contributed by atoms with Crippen LogP contribution in [0.2, 0.25) is 0 Å². The highest BCUT2D eigenvalue weighted by Crippen LogP contribution is 2.24. The van der Waals surface area contributed by atoms with Crippen molar-refractivity contribution in [3.63, 3.8) is 0 Å². The van der Waals surface area contributed by atoms with Crippen molar-refractivity contribution < 1.29 is 0 Å². The highest BCUT2D eigenvalue weighted by Gasteiger charge is 1.96. The van der Waals surface area contributed by atoms with Gasteiger partial charge in [-0.05, 0) is 29.1 Å². The van der Waals surface area contributed by atoms with Gasteiger partial charge in [-0.15, -0.1) is 17.8 Å². The van der Waals surface area contributed by atoms with Crippen molar-refractivity contribution >= 4 is 11.3 Å². The Balaban J connectivity index is 2.40. The zero-order valence-corrected chi connectivity index (χ0v) is 7.84. The lowest BCUT2D eigenvalue weighted by Crippen LogP contribution is -1.74. The number of terminal acetylenes is 1. The second-order valence-electron chi connectivity index (χ2n) is 2.70. The molecule has 0 aliphatic carbocycles. The second kappa shape index (κ2) is 3.47. The Morgan fingerprint density at radius 3 is 2.38 bits per heavy atom. The van der Waals surface area contributed by atoms with Crippen molar-refractivity contribution in [2.24, 2.45) is 0 Å². The van der Waals surface area contributed by atoms with Gasteiger partial charge in [-0.3, -0.25) is 0 Å². The summed E-state index contributed by atoms with van der Waals surface area (Å²) in [7, 11) is 0. The molecule has 0 radical (unpaired) electrons. The molecule has 2 rings (SSSR count). The van der Waals surface area contributed by atoms with Crippen molar-refractivity contribution in [2.45, 2.75) is 0 Å². The molecule has 0 saturated carbocycles. The Morgan fingerprint density at radius 2 is 1.85 bits per heavy atom. The Morgan fingerprint density at radius 1 is 1.08 bits per heavy atom. The molecule has 1 heteroatoms. The highest BCUT2D eigenvalue weighted by atomic mass is 32.1. The molecule has 0 aliphatic rings. The predicted molar refractivity (Wildman–Crippen MR) is 57.7 cm³/mol. The van der Waals surface area contributed by atoms with Crippen LogP contribution in [-0.2, 0) is 0 Å². The molecule has 2 aromatic rings. The van der Waals surface area contributed by atoms with Crippen LogP contribution in [0.15, 0.2) is 41.8 Å². The summed E-state index contributed by atoms with van der Waals surface area (Å²) in [4.78, 5) is 1.28. The maximum atomic E-state index is 5.27. The molecule has 1 heterocycles. The van der Waals surface area contributed by atoms with Crippen molar-refractivity contribution in [3.05, 3.63) is 47.3 Å². The first-order valence-corrected chi connectivity index (χ1v) is 4.88. The average Bonchev–Trinajstić information content (AvgIpc) is 2.71. The van der Waals surface area contributed by atoms with Gasteiger partial charge in [0.1, 0.15) is 0 Å². The summed E-state index contributed by atoms with van der Waals surface area (Å²) >= 11 is 1.74. The lowest BCUT2D eigenvalue weighted by atomic mass is 10.1. The Labute approximate surface area is 81.9 Å². The van der Waals surface area contributed by atoms with Crippen LogP contribution in [0.3, 0.4) is 0 Å². The third-order valence-electron chi connectivity index (χ3n) is 1.86. The third-order valence-corrected chi connectivity index (χ3v) is 2.78. The number of thiophene rings is 1. The monoisotopic (exact) mass is 184 g/mol. The summed E-state index contributed by atoms with van der Waals surface area (Å²) in [6.45, 7) is 0. The minimum Gasteiger partial charge on any atom is -0.144 e. The molecule has 0 atom stereocenters. The van der Waals surface area contributed by atoms with E-state index in [1.807, 2.05) is 12.1 Å². The lowest BCUT2D eigenvalue weighted by Gasteiger charge is -1.96. The topological polar surface area (TPSA) is 0 Å². The molecule has 0 nitrogen and oxygen atoms in total. The van der Waals surface area contributed by atoms with Gasteiger partial charge >= 0.3 is 0 Å². The minimum atomic E-state index is 0.931. The molecule has 0 bridgehead atoms. The van der Waals surface area contributed by atoms with Crippen LogP contribution in [0.4, 0.5) is 0 Å². The molecule has 0 amide bonds. The number of hydrogen-bond acceptors (Lipinski definition) is 1. The van der Waals surface area contributed by atoms with Crippen LogP contribution in [0.1, 0.15) is 5.56 Å². The van der Waals surface area contributed by atoms with Gasteiger partial charge in [-0.1, -0.05) is 24.1 Å². The quantitative estimate of drug-likeness (QED) is 0.596. The fourth-order valence-corrected chi connectivity index (χ4v) is 1.91. The average molecular weight is 184 g/mol. The summed E-state index contributed by atoms with van der Waals surface area (Å²) in [6, 6.07) is 12.2. The van der Waals surface area contributed by atoms with Crippen LogP contribution in [0.5, 0.6) is 0 Å². The van der Waals surface area contributed by atoms with Crippen LogP contribution < -0.4 is 0 Å². The van der Waals surface area contributed by atoms with Gasteiger partial charge in [0.15, 0.2) is 0 Å². The summed E-state index contributed by atoms with van der Waals surface area (Å²) in [5, 5.41) is 2.07. The zero-order valence-electron chi connectivity index (χ0n) is 7.03. The van der Waals surface area contributed by atoms with E-state index in [9.17, 15) is 0 Å². The van der Waals surface area contributed by atoms with Crippen molar-refractivity contribution in [2.75, 3.05) is 0 Å². The SMILES string of the molecule is C#Cc1ccc(-c2cccs2)cc1.